The number of hydrogen-bond donors (Lipinski definition) is 1. The van der Waals surface area contributed by atoms with Crippen LogP contribution in [0.1, 0.15) is 75.0 Å². The molecule has 0 aliphatic heterocycles. The van der Waals surface area contributed by atoms with Gasteiger partial charge in [0.1, 0.15) is 5.82 Å². The minimum atomic E-state index is -0.126. The van der Waals surface area contributed by atoms with Crippen molar-refractivity contribution in [2.24, 2.45) is 0 Å². The molecule has 0 bridgehead atoms. The van der Waals surface area contributed by atoms with E-state index in [2.05, 4.69) is 37.8 Å². The van der Waals surface area contributed by atoms with Crippen molar-refractivity contribution in [3.63, 3.8) is 0 Å². The van der Waals surface area contributed by atoms with Crippen LogP contribution in [0.3, 0.4) is 0 Å². The normalized spacial score (nSPS) is 11.1. The van der Waals surface area contributed by atoms with E-state index in [0.717, 1.165) is 60.8 Å². The number of aliphatic hydroxyl groups excluding tert-OH is 1. The zero-order valence-corrected chi connectivity index (χ0v) is 20.1. The first-order valence-corrected chi connectivity index (χ1v) is 12.3. The molecule has 0 atom stereocenters. The van der Waals surface area contributed by atoms with E-state index in [1.54, 1.807) is 13.2 Å². The van der Waals surface area contributed by atoms with Gasteiger partial charge in [-0.1, -0.05) is 75.1 Å². The summed E-state index contributed by atoms with van der Waals surface area (Å²) in [7, 11) is 1.68. The minimum Gasteiger partial charge on any atom is -0.392 e. The molecule has 3 heteroatoms. The van der Waals surface area contributed by atoms with Gasteiger partial charge >= 0.3 is 0 Å². The van der Waals surface area contributed by atoms with Gasteiger partial charge in [0.2, 0.25) is 0 Å². The fourth-order valence-corrected chi connectivity index (χ4v) is 4.16. The van der Waals surface area contributed by atoms with Crippen LogP contribution in [0.25, 0.3) is 11.1 Å². The van der Waals surface area contributed by atoms with Crippen molar-refractivity contribution in [3.05, 3.63) is 71.1 Å². The maximum atomic E-state index is 14.8. The van der Waals surface area contributed by atoms with Gasteiger partial charge in [0.15, 0.2) is 0 Å². The van der Waals surface area contributed by atoms with Gasteiger partial charge in [0, 0.05) is 13.7 Å². The number of aryl methyl sites for hydroxylation is 3. The molecule has 0 amide bonds. The molecule has 2 aromatic rings. The second-order valence-corrected chi connectivity index (χ2v) is 8.82. The topological polar surface area (TPSA) is 29.5 Å². The molecule has 0 spiro atoms. The minimum absolute atomic E-state index is 0.0645. The second kappa shape index (κ2) is 15.0. The summed E-state index contributed by atoms with van der Waals surface area (Å²) in [6, 6.07) is 12.3. The lowest BCUT2D eigenvalue weighted by atomic mass is 9.91. The van der Waals surface area contributed by atoms with Crippen LogP contribution < -0.4 is 0 Å². The van der Waals surface area contributed by atoms with Gasteiger partial charge in [-0.15, -0.1) is 0 Å². The zero-order chi connectivity index (χ0) is 23.2. The van der Waals surface area contributed by atoms with Gasteiger partial charge in [-0.2, -0.15) is 0 Å². The Balaban J connectivity index is 2.17. The number of rotatable bonds is 16. The molecular formula is C29H41FO2. The molecule has 2 rings (SSSR count). The smallest absolute Gasteiger partial charge is 0.127 e. The molecule has 2 nitrogen and oxygen atoms in total. The Bertz CT molecular complexity index is 828. The summed E-state index contributed by atoms with van der Waals surface area (Å²) in [6.45, 7) is 6.84. The number of ether oxygens (including phenoxy) is 1. The first-order valence-electron chi connectivity index (χ1n) is 12.3. The third kappa shape index (κ3) is 8.88. The lowest BCUT2D eigenvalue weighted by Gasteiger charge is -2.14. The van der Waals surface area contributed by atoms with E-state index in [1.165, 1.54) is 36.8 Å². The SMILES string of the molecule is C=C(CO)CCCc1ccc(-c2ccc(CCCOC)c(F)c2)c(CCCCCCC)c1. The highest BCUT2D eigenvalue weighted by molar-refractivity contribution is 5.68. The quantitative estimate of drug-likeness (QED) is 0.217. The van der Waals surface area contributed by atoms with Crippen LogP contribution >= 0.6 is 0 Å². The Kier molecular flexibility index (Phi) is 12.3. The lowest BCUT2D eigenvalue weighted by molar-refractivity contribution is 0.195. The monoisotopic (exact) mass is 440 g/mol. The van der Waals surface area contributed by atoms with E-state index in [1.807, 2.05) is 6.07 Å². The molecule has 2 aromatic carbocycles. The Morgan fingerprint density at radius 2 is 1.69 bits per heavy atom. The van der Waals surface area contributed by atoms with Crippen molar-refractivity contribution in [1.29, 1.82) is 0 Å². The molecule has 0 fully saturated rings. The maximum Gasteiger partial charge on any atom is 0.127 e. The fraction of sp³-hybridized carbons (Fsp3) is 0.517. The van der Waals surface area contributed by atoms with Crippen molar-refractivity contribution in [3.8, 4) is 11.1 Å². The van der Waals surface area contributed by atoms with E-state index in [0.29, 0.717) is 13.0 Å². The summed E-state index contributed by atoms with van der Waals surface area (Å²) in [4.78, 5) is 0. The van der Waals surface area contributed by atoms with Gasteiger partial charge < -0.3 is 9.84 Å². The largest absolute Gasteiger partial charge is 0.392 e. The Morgan fingerprint density at radius 3 is 2.41 bits per heavy atom. The van der Waals surface area contributed by atoms with Crippen molar-refractivity contribution in [1.82, 2.24) is 0 Å². The van der Waals surface area contributed by atoms with E-state index in [9.17, 15) is 4.39 Å². The van der Waals surface area contributed by atoms with Crippen molar-refractivity contribution < 1.29 is 14.2 Å². The molecule has 0 unspecified atom stereocenters. The van der Waals surface area contributed by atoms with Crippen LogP contribution in [-0.2, 0) is 24.0 Å². The van der Waals surface area contributed by atoms with Crippen molar-refractivity contribution in [2.75, 3.05) is 20.3 Å². The van der Waals surface area contributed by atoms with Crippen molar-refractivity contribution >= 4 is 0 Å². The molecule has 0 heterocycles. The first-order chi connectivity index (χ1) is 15.6. The predicted molar refractivity (Wildman–Crippen MR) is 134 cm³/mol. The van der Waals surface area contributed by atoms with Crippen LogP contribution in [0.15, 0.2) is 48.6 Å². The van der Waals surface area contributed by atoms with Gasteiger partial charge in [-0.25, -0.2) is 4.39 Å². The standard InChI is InChI=1S/C29H41FO2/c1-4-5-6-7-8-13-26-20-24(12-9-11-23(2)22-31)15-18-28(26)27-17-16-25(29(30)21-27)14-10-19-32-3/h15-18,20-21,31H,2,4-14,19,22H2,1,3H3. The number of aliphatic hydroxyl groups is 1. The van der Waals surface area contributed by atoms with Crippen LogP contribution in [0.5, 0.6) is 0 Å². The van der Waals surface area contributed by atoms with Gasteiger partial charge in [-0.3, -0.25) is 0 Å². The Morgan fingerprint density at radius 1 is 0.906 bits per heavy atom. The maximum absolute atomic E-state index is 14.8. The number of halogens is 1. The summed E-state index contributed by atoms with van der Waals surface area (Å²) < 4.78 is 19.9. The first kappa shape index (κ1) is 26.3. The van der Waals surface area contributed by atoms with E-state index < -0.39 is 0 Å². The highest BCUT2D eigenvalue weighted by Crippen LogP contribution is 2.29. The molecule has 32 heavy (non-hydrogen) atoms. The third-order valence-corrected chi connectivity index (χ3v) is 6.10. The second-order valence-electron chi connectivity index (χ2n) is 8.82. The summed E-state index contributed by atoms with van der Waals surface area (Å²) in [5, 5.41) is 9.16. The summed E-state index contributed by atoms with van der Waals surface area (Å²) >= 11 is 0. The highest BCUT2D eigenvalue weighted by Gasteiger charge is 2.10. The molecule has 0 aliphatic carbocycles. The molecular weight excluding hydrogens is 399 g/mol. The fourth-order valence-electron chi connectivity index (χ4n) is 4.16. The number of methoxy groups -OCH3 is 1. The van der Waals surface area contributed by atoms with Gasteiger partial charge in [0.05, 0.1) is 6.61 Å². The van der Waals surface area contributed by atoms with E-state index in [4.69, 9.17) is 9.84 Å². The third-order valence-electron chi connectivity index (χ3n) is 6.10. The van der Waals surface area contributed by atoms with Crippen LogP contribution in [-0.4, -0.2) is 25.4 Å². The molecule has 0 radical (unpaired) electrons. The number of benzene rings is 2. The molecule has 176 valence electrons. The highest BCUT2D eigenvalue weighted by atomic mass is 19.1. The molecule has 0 saturated carbocycles. The van der Waals surface area contributed by atoms with Crippen molar-refractivity contribution in [2.45, 2.75) is 77.6 Å². The van der Waals surface area contributed by atoms with Gasteiger partial charge in [-0.05, 0) is 78.8 Å². The van der Waals surface area contributed by atoms with Crippen LogP contribution in [0.2, 0.25) is 0 Å². The lowest BCUT2D eigenvalue weighted by Crippen LogP contribution is -1.98. The summed E-state index contributed by atoms with van der Waals surface area (Å²) in [6.07, 6.45) is 11.6. The van der Waals surface area contributed by atoms with E-state index in [-0.39, 0.29) is 12.4 Å². The van der Waals surface area contributed by atoms with Gasteiger partial charge in [0.25, 0.3) is 0 Å². The Labute approximate surface area is 194 Å². The average Bonchev–Trinajstić information content (AvgIpc) is 2.80. The summed E-state index contributed by atoms with van der Waals surface area (Å²) in [5.41, 5.74) is 6.37. The summed E-state index contributed by atoms with van der Waals surface area (Å²) in [5.74, 6) is -0.126. The molecule has 0 saturated heterocycles. The average molecular weight is 441 g/mol. The van der Waals surface area contributed by atoms with Crippen LogP contribution in [0.4, 0.5) is 4.39 Å². The zero-order valence-electron chi connectivity index (χ0n) is 20.1. The Hall–Kier alpha value is -1.97. The van der Waals surface area contributed by atoms with E-state index >= 15 is 0 Å². The molecule has 0 aromatic heterocycles. The predicted octanol–water partition coefficient (Wildman–Crippen LogP) is 7.46. The molecule has 1 N–H and O–H groups in total. The molecule has 0 aliphatic rings. The van der Waals surface area contributed by atoms with Crippen LogP contribution in [0, 0.1) is 5.82 Å². The number of hydrogen-bond acceptors (Lipinski definition) is 2. The number of unbranched alkanes of at least 4 members (excludes halogenated alkanes) is 4.